The van der Waals surface area contributed by atoms with Crippen LogP contribution in [0.15, 0.2) is 29.4 Å². The van der Waals surface area contributed by atoms with E-state index in [1.54, 1.807) is 5.06 Å². The summed E-state index contributed by atoms with van der Waals surface area (Å²) >= 11 is 0. The van der Waals surface area contributed by atoms with Crippen LogP contribution in [0.25, 0.3) is 0 Å². The van der Waals surface area contributed by atoms with Gasteiger partial charge in [-0.2, -0.15) is 0 Å². The van der Waals surface area contributed by atoms with Crippen molar-refractivity contribution in [2.24, 2.45) is 4.99 Å². The fourth-order valence-corrected chi connectivity index (χ4v) is 0.808. The summed E-state index contributed by atoms with van der Waals surface area (Å²) in [5.41, 5.74) is 0. The first-order chi connectivity index (χ1) is 4.47. The molecule has 0 saturated heterocycles. The van der Waals surface area contributed by atoms with Crippen LogP contribution in [0.2, 0.25) is 0 Å². The van der Waals surface area contributed by atoms with E-state index in [9.17, 15) is 0 Å². The molecule has 0 bridgehead atoms. The summed E-state index contributed by atoms with van der Waals surface area (Å²) in [7, 11) is 0. The summed E-state index contributed by atoms with van der Waals surface area (Å²) in [5.74, 6) is 0.887. The van der Waals surface area contributed by atoms with Crippen LogP contribution in [0.4, 0.5) is 0 Å². The molecule has 3 nitrogen and oxygen atoms in total. The van der Waals surface area contributed by atoms with E-state index in [0.717, 1.165) is 5.84 Å². The maximum absolute atomic E-state index is 5.05. The molecular formula is C6H6N2O. The Morgan fingerprint density at radius 1 is 1.56 bits per heavy atom. The molecule has 9 heavy (non-hydrogen) atoms. The van der Waals surface area contributed by atoms with Crippen molar-refractivity contribution in [2.45, 2.75) is 0 Å². The average molecular weight is 122 g/mol. The molecule has 2 rings (SSSR count). The lowest BCUT2D eigenvalue weighted by Crippen LogP contribution is -2.19. The first-order valence-corrected chi connectivity index (χ1v) is 2.78. The van der Waals surface area contributed by atoms with Crippen LogP contribution in [0.5, 0.6) is 0 Å². The second-order valence-electron chi connectivity index (χ2n) is 1.80. The Hall–Kier alpha value is -1.09. The molecule has 0 atom stereocenters. The van der Waals surface area contributed by atoms with Crippen LogP contribution >= 0.6 is 0 Å². The number of nitrogens with zero attached hydrogens (tertiary/aromatic N) is 2. The molecule has 0 N–H and O–H groups in total. The zero-order valence-electron chi connectivity index (χ0n) is 4.82. The number of hydroxylamine groups is 2. The molecule has 0 fully saturated rings. The Morgan fingerprint density at radius 2 is 2.56 bits per heavy atom. The normalized spacial score (nSPS) is 22.2. The summed E-state index contributed by atoms with van der Waals surface area (Å²) < 4.78 is 0. The predicted molar refractivity (Wildman–Crippen MR) is 33.5 cm³/mol. The molecule has 2 aliphatic rings. The molecular weight excluding hydrogens is 116 g/mol. The van der Waals surface area contributed by atoms with Crippen LogP contribution < -0.4 is 0 Å². The van der Waals surface area contributed by atoms with Crippen molar-refractivity contribution in [3.05, 3.63) is 24.4 Å². The number of fused-ring (bicyclic) bond motifs is 1. The maximum atomic E-state index is 5.05. The highest BCUT2D eigenvalue weighted by Crippen LogP contribution is 2.08. The fourth-order valence-electron chi connectivity index (χ4n) is 0.808. The lowest BCUT2D eigenvalue weighted by molar-refractivity contribution is -0.0352. The van der Waals surface area contributed by atoms with Gasteiger partial charge in [-0.25, -0.2) is 14.9 Å². The standard InChI is InChI=1S/C6H6N2O/c1-2-4-8-6(3-1)7-5-9-8/h1-4H,5H2. The molecule has 46 valence electrons. The van der Waals surface area contributed by atoms with Crippen molar-refractivity contribution in [3.63, 3.8) is 0 Å². The zero-order valence-corrected chi connectivity index (χ0v) is 4.82. The van der Waals surface area contributed by atoms with Gasteiger partial charge in [-0.05, 0) is 12.2 Å². The van der Waals surface area contributed by atoms with Crippen molar-refractivity contribution in [1.29, 1.82) is 0 Å². The number of aliphatic imine (C=N–C) groups is 1. The lowest BCUT2D eigenvalue weighted by Gasteiger charge is -2.11. The van der Waals surface area contributed by atoms with Gasteiger partial charge in [0.2, 0.25) is 0 Å². The van der Waals surface area contributed by atoms with Gasteiger partial charge in [-0.1, -0.05) is 6.08 Å². The fraction of sp³-hybridized carbons (Fsp3) is 0.167. The van der Waals surface area contributed by atoms with E-state index in [2.05, 4.69) is 4.99 Å². The van der Waals surface area contributed by atoms with E-state index in [1.165, 1.54) is 0 Å². The molecule has 3 heteroatoms. The van der Waals surface area contributed by atoms with E-state index in [4.69, 9.17) is 4.84 Å². The first-order valence-electron chi connectivity index (χ1n) is 2.78. The predicted octanol–water partition coefficient (Wildman–Crippen LogP) is 0.673. The second kappa shape index (κ2) is 1.70. The smallest absolute Gasteiger partial charge is 0.167 e. The summed E-state index contributed by atoms with van der Waals surface area (Å²) in [6, 6.07) is 0. The van der Waals surface area contributed by atoms with Crippen molar-refractivity contribution in [2.75, 3.05) is 6.73 Å². The Kier molecular flexibility index (Phi) is 0.899. The molecule has 2 aliphatic heterocycles. The number of hydrogen-bond acceptors (Lipinski definition) is 3. The van der Waals surface area contributed by atoms with E-state index < -0.39 is 0 Å². The minimum atomic E-state index is 0.448. The Morgan fingerprint density at radius 3 is 3.44 bits per heavy atom. The molecule has 0 saturated carbocycles. The number of allylic oxidation sites excluding steroid dienone is 2. The van der Waals surface area contributed by atoms with Gasteiger partial charge in [0.25, 0.3) is 0 Å². The molecule has 0 unspecified atom stereocenters. The highest BCUT2D eigenvalue weighted by molar-refractivity contribution is 5.94. The Bertz CT molecular complexity index is 202. The molecule has 0 aromatic rings. The minimum Gasteiger partial charge on any atom is -0.244 e. The Balaban J connectivity index is 2.33. The number of hydrogen-bond donors (Lipinski definition) is 0. The van der Waals surface area contributed by atoms with E-state index in [0.29, 0.717) is 6.73 Å². The monoisotopic (exact) mass is 122 g/mol. The highest BCUT2D eigenvalue weighted by Gasteiger charge is 2.13. The van der Waals surface area contributed by atoms with Crippen LogP contribution in [-0.2, 0) is 4.84 Å². The van der Waals surface area contributed by atoms with E-state index >= 15 is 0 Å². The zero-order chi connectivity index (χ0) is 6.10. The van der Waals surface area contributed by atoms with Gasteiger partial charge < -0.3 is 0 Å². The van der Waals surface area contributed by atoms with Crippen molar-refractivity contribution >= 4 is 5.84 Å². The number of rotatable bonds is 0. The van der Waals surface area contributed by atoms with E-state index in [-0.39, 0.29) is 0 Å². The van der Waals surface area contributed by atoms with Gasteiger partial charge in [0, 0.05) is 6.20 Å². The van der Waals surface area contributed by atoms with Crippen LogP contribution in [0, 0.1) is 0 Å². The van der Waals surface area contributed by atoms with Crippen molar-refractivity contribution in [1.82, 2.24) is 5.06 Å². The third-order valence-corrected chi connectivity index (χ3v) is 1.23. The molecule has 0 aliphatic carbocycles. The largest absolute Gasteiger partial charge is 0.244 e. The van der Waals surface area contributed by atoms with Crippen LogP contribution in [0.3, 0.4) is 0 Å². The van der Waals surface area contributed by atoms with Crippen LogP contribution in [-0.4, -0.2) is 17.6 Å². The van der Waals surface area contributed by atoms with Crippen LogP contribution in [0.1, 0.15) is 0 Å². The topological polar surface area (TPSA) is 24.8 Å². The summed E-state index contributed by atoms with van der Waals surface area (Å²) in [6.45, 7) is 0.448. The van der Waals surface area contributed by atoms with Gasteiger partial charge in [-0.15, -0.1) is 0 Å². The molecule has 0 aromatic heterocycles. The Labute approximate surface area is 52.9 Å². The van der Waals surface area contributed by atoms with Crippen molar-refractivity contribution < 1.29 is 4.84 Å². The molecule has 0 amide bonds. The second-order valence-corrected chi connectivity index (χ2v) is 1.80. The summed E-state index contributed by atoms with van der Waals surface area (Å²) in [5, 5.41) is 1.65. The number of amidine groups is 1. The highest BCUT2D eigenvalue weighted by atomic mass is 16.7. The molecule has 0 spiro atoms. The lowest BCUT2D eigenvalue weighted by atomic mass is 10.4. The van der Waals surface area contributed by atoms with Gasteiger partial charge in [-0.3, -0.25) is 0 Å². The third-order valence-electron chi connectivity index (χ3n) is 1.23. The van der Waals surface area contributed by atoms with Gasteiger partial charge in [0.05, 0.1) is 0 Å². The average Bonchev–Trinajstić information content (AvgIpc) is 2.33. The molecule has 2 heterocycles. The van der Waals surface area contributed by atoms with Gasteiger partial charge in [0.15, 0.2) is 12.6 Å². The van der Waals surface area contributed by atoms with E-state index in [1.807, 2.05) is 24.4 Å². The van der Waals surface area contributed by atoms with Gasteiger partial charge in [0.1, 0.15) is 0 Å². The summed E-state index contributed by atoms with van der Waals surface area (Å²) in [6.07, 6.45) is 7.59. The van der Waals surface area contributed by atoms with Crippen molar-refractivity contribution in [3.8, 4) is 0 Å². The molecule has 0 aromatic carbocycles. The van der Waals surface area contributed by atoms with Gasteiger partial charge >= 0.3 is 0 Å². The quantitative estimate of drug-likeness (QED) is 0.471. The first kappa shape index (κ1) is 4.76. The molecule has 0 radical (unpaired) electrons. The maximum Gasteiger partial charge on any atom is 0.167 e. The minimum absolute atomic E-state index is 0.448. The third kappa shape index (κ3) is 0.658. The SMILES string of the molecule is C1=CC2=NCON2C=C1. The summed E-state index contributed by atoms with van der Waals surface area (Å²) in [4.78, 5) is 9.09.